The molecule has 0 unspecified atom stereocenters. The Balaban J connectivity index is 1.64. The van der Waals surface area contributed by atoms with Crippen molar-refractivity contribution >= 4 is 23.2 Å². The monoisotopic (exact) mass is 362 g/mol. The van der Waals surface area contributed by atoms with Gasteiger partial charge in [-0.3, -0.25) is 4.79 Å². The van der Waals surface area contributed by atoms with Crippen LogP contribution in [0.5, 0.6) is 11.5 Å². The fraction of sp³-hybridized carbons (Fsp3) is 0.150. The maximum absolute atomic E-state index is 11.9. The quantitative estimate of drug-likeness (QED) is 0.768. The molecule has 7 heteroatoms. The van der Waals surface area contributed by atoms with Crippen molar-refractivity contribution in [2.24, 2.45) is 0 Å². The number of anilines is 3. The minimum Gasteiger partial charge on any atom is -0.497 e. The van der Waals surface area contributed by atoms with Crippen LogP contribution in [0.15, 0.2) is 54.7 Å². The van der Waals surface area contributed by atoms with E-state index in [1.807, 2.05) is 48.5 Å². The van der Waals surface area contributed by atoms with Crippen LogP contribution in [0.4, 0.5) is 17.3 Å². The van der Waals surface area contributed by atoms with Crippen LogP contribution in [0.2, 0.25) is 0 Å². The summed E-state index contributed by atoms with van der Waals surface area (Å²) >= 11 is 0. The van der Waals surface area contributed by atoms with Gasteiger partial charge in [-0.1, -0.05) is 6.07 Å². The highest BCUT2D eigenvalue weighted by molar-refractivity contribution is 5.98. The lowest BCUT2D eigenvalue weighted by atomic mass is 10.1. The summed E-state index contributed by atoms with van der Waals surface area (Å²) in [5.74, 6) is 1.82. The predicted molar refractivity (Wildman–Crippen MR) is 103 cm³/mol. The van der Waals surface area contributed by atoms with Crippen LogP contribution in [0, 0.1) is 0 Å². The molecule has 0 aliphatic carbocycles. The Morgan fingerprint density at radius 1 is 1.19 bits per heavy atom. The summed E-state index contributed by atoms with van der Waals surface area (Å²) in [4.78, 5) is 22.3. The third-order valence-electron chi connectivity index (χ3n) is 4.32. The summed E-state index contributed by atoms with van der Waals surface area (Å²) in [6, 6.07) is 15.0. The number of amides is 1. The summed E-state index contributed by atoms with van der Waals surface area (Å²) in [6.45, 7) is 0.0605. The molecule has 1 N–H and O–H groups in total. The number of likely N-dealkylation sites (N-methyl/N-ethyl adjacent to an activating group) is 1. The van der Waals surface area contributed by atoms with Crippen LogP contribution < -0.4 is 19.7 Å². The van der Waals surface area contributed by atoms with Gasteiger partial charge in [-0.15, -0.1) is 0 Å². The predicted octanol–water partition coefficient (Wildman–Crippen LogP) is 3.25. The summed E-state index contributed by atoms with van der Waals surface area (Å²) in [6.07, 6.45) is 1.69. The Bertz CT molecular complexity index is 1010. The number of carbonyl (C=O) groups is 1. The molecular formula is C20H18N4O3. The number of methoxy groups -OCH3 is 1. The number of rotatable bonds is 4. The maximum atomic E-state index is 11.9. The van der Waals surface area contributed by atoms with Crippen LogP contribution in [0.3, 0.4) is 0 Å². The van der Waals surface area contributed by atoms with Crippen LogP contribution in [-0.4, -0.2) is 36.6 Å². The van der Waals surface area contributed by atoms with Crippen molar-refractivity contribution in [3.63, 3.8) is 0 Å². The molecule has 0 bridgehead atoms. The van der Waals surface area contributed by atoms with E-state index in [0.717, 1.165) is 28.4 Å². The first-order chi connectivity index (χ1) is 13.1. The molecule has 4 rings (SSSR count). The number of carbonyl (C=O) groups excluding carboxylic acids is 1. The van der Waals surface area contributed by atoms with Gasteiger partial charge >= 0.3 is 0 Å². The molecule has 1 aliphatic heterocycles. The van der Waals surface area contributed by atoms with E-state index in [1.165, 1.54) is 0 Å². The normalized spacial score (nSPS) is 13.0. The molecule has 7 nitrogen and oxygen atoms in total. The molecule has 2 heterocycles. The number of nitrogens with one attached hydrogen (secondary N) is 1. The average molecular weight is 362 g/mol. The maximum Gasteiger partial charge on any atom is 0.264 e. The SMILES string of the molecule is COc1cccc(Nc2nccc(-c3ccc4c(c3)N(C)C(=O)CO4)n2)c1. The van der Waals surface area contributed by atoms with E-state index in [1.54, 1.807) is 25.3 Å². The first kappa shape index (κ1) is 16.8. The number of hydrogen-bond acceptors (Lipinski definition) is 6. The van der Waals surface area contributed by atoms with Crippen molar-refractivity contribution in [2.45, 2.75) is 0 Å². The van der Waals surface area contributed by atoms with Crippen molar-refractivity contribution in [3.8, 4) is 22.8 Å². The second-order valence-electron chi connectivity index (χ2n) is 6.05. The molecule has 3 aromatic rings. The second kappa shape index (κ2) is 6.95. The zero-order valence-electron chi connectivity index (χ0n) is 15.0. The summed E-state index contributed by atoms with van der Waals surface area (Å²) < 4.78 is 10.7. The summed E-state index contributed by atoms with van der Waals surface area (Å²) in [5.41, 5.74) is 3.17. The van der Waals surface area contributed by atoms with Gasteiger partial charge < -0.3 is 19.7 Å². The van der Waals surface area contributed by atoms with E-state index in [4.69, 9.17) is 9.47 Å². The molecule has 0 saturated carbocycles. The van der Waals surface area contributed by atoms with Crippen LogP contribution in [0.25, 0.3) is 11.3 Å². The highest BCUT2D eigenvalue weighted by Crippen LogP contribution is 2.35. The molecule has 0 atom stereocenters. The average Bonchev–Trinajstić information content (AvgIpc) is 2.71. The zero-order valence-corrected chi connectivity index (χ0v) is 15.0. The molecule has 0 spiro atoms. The third-order valence-corrected chi connectivity index (χ3v) is 4.32. The number of nitrogens with zero attached hydrogens (tertiary/aromatic N) is 3. The largest absolute Gasteiger partial charge is 0.497 e. The van der Waals surface area contributed by atoms with Gasteiger partial charge in [0.25, 0.3) is 5.91 Å². The van der Waals surface area contributed by atoms with Gasteiger partial charge in [0, 0.05) is 30.6 Å². The number of fused-ring (bicyclic) bond motifs is 1. The van der Waals surface area contributed by atoms with Crippen molar-refractivity contribution < 1.29 is 14.3 Å². The fourth-order valence-electron chi connectivity index (χ4n) is 2.84. The Morgan fingerprint density at radius 3 is 2.93 bits per heavy atom. The standard InChI is InChI=1S/C20H18N4O3/c1-24-17-10-13(6-7-18(17)27-12-19(24)25)16-8-9-21-20(23-16)22-14-4-3-5-15(11-14)26-2/h3-11H,12H2,1-2H3,(H,21,22,23). The number of aromatic nitrogens is 2. The van der Waals surface area contributed by atoms with Gasteiger partial charge in [-0.05, 0) is 36.4 Å². The first-order valence-electron chi connectivity index (χ1n) is 8.42. The molecule has 0 radical (unpaired) electrons. The van der Waals surface area contributed by atoms with Gasteiger partial charge in [-0.2, -0.15) is 0 Å². The Kier molecular flexibility index (Phi) is 4.33. The third kappa shape index (κ3) is 3.39. The van der Waals surface area contributed by atoms with Crippen LogP contribution in [-0.2, 0) is 4.79 Å². The van der Waals surface area contributed by atoms with E-state index in [-0.39, 0.29) is 12.5 Å². The van der Waals surface area contributed by atoms with E-state index in [0.29, 0.717) is 11.7 Å². The molecule has 0 fully saturated rings. The van der Waals surface area contributed by atoms with E-state index in [2.05, 4.69) is 15.3 Å². The van der Waals surface area contributed by atoms with Gasteiger partial charge in [0.15, 0.2) is 6.61 Å². The summed E-state index contributed by atoms with van der Waals surface area (Å²) in [5, 5.41) is 3.18. The number of ether oxygens (including phenoxy) is 2. The lowest BCUT2D eigenvalue weighted by Gasteiger charge is -2.26. The number of benzene rings is 2. The van der Waals surface area contributed by atoms with Gasteiger partial charge in [-0.25, -0.2) is 9.97 Å². The lowest BCUT2D eigenvalue weighted by Crippen LogP contribution is -2.35. The second-order valence-corrected chi connectivity index (χ2v) is 6.05. The fourth-order valence-corrected chi connectivity index (χ4v) is 2.84. The summed E-state index contributed by atoms with van der Waals surface area (Å²) in [7, 11) is 3.36. The van der Waals surface area contributed by atoms with Crippen LogP contribution in [0.1, 0.15) is 0 Å². The Hall–Kier alpha value is -3.61. The minimum absolute atomic E-state index is 0.0605. The molecular weight excluding hydrogens is 344 g/mol. The molecule has 1 aliphatic rings. The van der Waals surface area contributed by atoms with Crippen molar-refractivity contribution in [2.75, 3.05) is 31.0 Å². The highest BCUT2D eigenvalue weighted by Gasteiger charge is 2.22. The van der Waals surface area contributed by atoms with E-state index in [9.17, 15) is 4.79 Å². The van der Waals surface area contributed by atoms with E-state index < -0.39 is 0 Å². The van der Waals surface area contributed by atoms with E-state index >= 15 is 0 Å². The van der Waals surface area contributed by atoms with Crippen molar-refractivity contribution in [3.05, 3.63) is 54.7 Å². The minimum atomic E-state index is -0.0808. The zero-order chi connectivity index (χ0) is 18.8. The molecule has 27 heavy (non-hydrogen) atoms. The molecule has 2 aromatic carbocycles. The Labute approximate surface area is 156 Å². The molecule has 1 aromatic heterocycles. The molecule has 136 valence electrons. The van der Waals surface area contributed by atoms with Crippen molar-refractivity contribution in [1.29, 1.82) is 0 Å². The van der Waals surface area contributed by atoms with Crippen LogP contribution >= 0.6 is 0 Å². The van der Waals surface area contributed by atoms with Gasteiger partial charge in [0.1, 0.15) is 11.5 Å². The van der Waals surface area contributed by atoms with Gasteiger partial charge in [0.05, 0.1) is 18.5 Å². The smallest absolute Gasteiger partial charge is 0.264 e. The number of hydrogen-bond donors (Lipinski definition) is 1. The highest BCUT2D eigenvalue weighted by atomic mass is 16.5. The lowest BCUT2D eigenvalue weighted by molar-refractivity contribution is -0.120. The Morgan fingerprint density at radius 2 is 2.07 bits per heavy atom. The first-order valence-corrected chi connectivity index (χ1v) is 8.42. The molecule has 0 saturated heterocycles. The molecule has 1 amide bonds. The van der Waals surface area contributed by atoms with Gasteiger partial charge in [0.2, 0.25) is 5.95 Å². The van der Waals surface area contributed by atoms with Crippen molar-refractivity contribution in [1.82, 2.24) is 9.97 Å². The topological polar surface area (TPSA) is 76.6 Å².